The third-order valence-electron chi connectivity index (χ3n) is 14.4. The Bertz CT molecular complexity index is 904. The van der Waals surface area contributed by atoms with E-state index in [1.165, 1.54) is 283 Å². The Morgan fingerprint density at radius 3 is 0.379 bits per heavy atom. The Morgan fingerprint density at radius 1 is 0.182 bits per heavy atom. The zero-order chi connectivity index (χ0) is 48.6. The molecule has 0 unspecified atom stereocenters. The van der Waals surface area contributed by atoms with Gasteiger partial charge < -0.3 is 9.79 Å². The second kappa shape index (κ2) is 58.0. The molecule has 0 atom stereocenters. The normalized spacial score (nSPS) is 12.0. The zero-order valence-electron chi connectivity index (χ0n) is 46.2. The average molecular weight is 974 g/mol. The van der Waals surface area contributed by atoms with Crippen LogP contribution in [0.4, 0.5) is 0 Å². The minimum atomic E-state index is -2.86. The summed E-state index contributed by atoms with van der Waals surface area (Å²) in [5.74, 6) is 0. The number of hydrogen-bond donors (Lipinski definition) is 2. The molecule has 0 heterocycles. The lowest BCUT2D eigenvalue weighted by atomic mass is 10.0. The first-order valence-corrected chi connectivity index (χ1v) is 34.9. The summed E-state index contributed by atoms with van der Waals surface area (Å²) >= 11 is 0. The van der Waals surface area contributed by atoms with E-state index in [2.05, 4.69) is 27.7 Å². The number of unbranched alkanes of at least 4 members (excludes halogenated alkanes) is 48. The molecule has 6 heteroatoms. The van der Waals surface area contributed by atoms with Crippen LogP contribution in [-0.2, 0) is 9.13 Å². The molecule has 0 fully saturated rings. The van der Waals surface area contributed by atoms with Gasteiger partial charge in [-0.05, 0) is 25.7 Å². The maximum absolute atomic E-state index is 12.4. The summed E-state index contributed by atoms with van der Waals surface area (Å²) in [7, 11) is -5.71. The van der Waals surface area contributed by atoms with Crippen molar-refractivity contribution in [3.8, 4) is 0 Å². The molecule has 0 amide bonds. The van der Waals surface area contributed by atoms with Crippen molar-refractivity contribution < 1.29 is 18.9 Å². The van der Waals surface area contributed by atoms with Crippen LogP contribution >= 0.6 is 14.7 Å². The van der Waals surface area contributed by atoms with Crippen molar-refractivity contribution in [3.05, 3.63) is 0 Å². The summed E-state index contributed by atoms with van der Waals surface area (Å²) in [4.78, 5) is 20.4. The highest BCUT2D eigenvalue weighted by Crippen LogP contribution is 2.43. The van der Waals surface area contributed by atoms with Gasteiger partial charge in [-0.1, -0.05) is 336 Å². The summed E-state index contributed by atoms with van der Waals surface area (Å²) in [6.45, 7) is 9.11. The minimum Gasteiger partial charge on any atom is -0.344 e. The maximum atomic E-state index is 12.4. The summed E-state index contributed by atoms with van der Waals surface area (Å²) in [5.41, 5.74) is 0. The molecule has 0 radical (unpaired) electrons. The molecule has 66 heavy (non-hydrogen) atoms. The van der Waals surface area contributed by atoms with Crippen LogP contribution in [0, 0.1) is 0 Å². The van der Waals surface area contributed by atoms with Gasteiger partial charge in [0.15, 0.2) is 0 Å². The molecule has 4 nitrogen and oxygen atoms in total. The Labute approximate surface area is 418 Å². The molecular formula is C60H126O4P2. The molecule has 0 rings (SSSR count). The third kappa shape index (κ3) is 62.4. The number of hydrogen-bond acceptors (Lipinski definition) is 2. The summed E-state index contributed by atoms with van der Waals surface area (Å²) in [5, 5.41) is 0. The van der Waals surface area contributed by atoms with Gasteiger partial charge in [0.1, 0.15) is 0 Å². The second-order valence-corrected chi connectivity index (χ2v) is 26.7. The Morgan fingerprint density at radius 2 is 0.273 bits per heavy atom. The maximum Gasteiger partial charge on any atom is 0.200 e. The molecule has 0 saturated heterocycles. The van der Waals surface area contributed by atoms with Gasteiger partial charge in [-0.15, -0.1) is 0 Å². The highest BCUT2D eigenvalue weighted by Gasteiger charge is 2.17. The van der Waals surface area contributed by atoms with Crippen LogP contribution in [0.5, 0.6) is 0 Å². The van der Waals surface area contributed by atoms with Gasteiger partial charge in [0.2, 0.25) is 14.7 Å². The lowest BCUT2D eigenvalue weighted by Gasteiger charge is -2.11. The van der Waals surface area contributed by atoms with E-state index in [-0.39, 0.29) is 0 Å². The summed E-state index contributed by atoms with van der Waals surface area (Å²) in [6, 6.07) is 0. The van der Waals surface area contributed by atoms with Gasteiger partial charge >= 0.3 is 0 Å². The Hall–Kier alpha value is 0.380. The molecule has 0 aromatic rings. The van der Waals surface area contributed by atoms with Gasteiger partial charge in [0, 0.05) is 24.6 Å². The second-order valence-electron chi connectivity index (χ2n) is 21.6. The molecule has 0 aliphatic carbocycles. The fraction of sp³-hybridized carbons (Fsp3) is 1.00. The van der Waals surface area contributed by atoms with Crippen LogP contribution < -0.4 is 0 Å². The first-order chi connectivity index (χ1) is 32.2. The molecule has 400 valence electrons. The predicted octanol–water partition coefficient (Wildman–Crippen LogP) is 22.9. The van der Waals surface area contributed by atoms with Gasteiger partial charge in [-0.25, -0.2) is 0 Å². The van der Waals surface area contributed by atoms with Crippen LogP contribution in [0.2, 0.25) is 0 Å². The van der Waals surface area contributed by atoms with Crippen molar-refractivity contribution in [1.29, 1.82) is 0 Å². The van der Waals surface area contributed by atoms with Crippen LogP contribution in [0.15, 0.2) is 0 Å². The van der Waals surface area contributed by atoms with Crippen molar-refractivity contribution in [2.45, 2.75) is 362 Å². The fourth-order valence-electron chi connectivity index (χ4n) is 9.73. The van der Waals surface area contributed by atoms with Crippen molar-refractivity contribution in [2.24, 2.45) is 0 Å². The lowest BCUT2D eigenvalue weighted by Crippen LogP contribution is -1.96. The summed E-state index contributed by atoms with van der Waals surface area (Å²) < 4.78 is 24.7. The smallest absolute Gasteiger partial charge is 0.200 e. The van der Waals surface area contributed by atoms with Gasteiger partial charge in [0.05, 0.1) is 0 Å². The van der Waals surface area contributed by atoms with Crippen molar-refractivity contribution in [2.75, 3.05) is 24.6 Å². The van der Waals surface area contributed by atoms with Crippen LogP contribution in [0.25, 0.3) is 0 Å². The van der Waals surface area contributed by atoms with Crippen LogP contribution in [0.1, 0.15) is 362 Å². The first kappa shape index (κ1) is 68.5. The molecule has 0 saturated carbocycles. The molecular weight excluding hydrogens is 847 g/mol. The van der Waals surface area contributed by atoms with E-state index < -0.39 is 14.7 Å². The number of rotatable bonds is 56. The van der Waals surface area contributed by atoms with Gasteiger partial charge in [-0.3, -0.25) is 9.13 Å². The van der Waals surface area contributed by atoms with Gasteiger partial charge in [0.25, 0.3) is 0 Å². The van der Waals surface area contributed by atoms with Crippen LogP contribution in [-0.4, -0.2) is 34.4 Å². The zero-order valence-corrected chi connectivity index (χ0v) is 48.0. The molecule has 0 bridgehead atoms. The van der Waals surface area contributed by atoms with E-state index in [1.54, 1.807) is 0 Å². The third-order valence-corrected chi connectivity index (χ3v) is 18.5. The largest absolute Gasteiger partial charge is 0.344 e. The Kier molecular flexibility index (Phi) is 60.1. The van der Waals surface area contributed by atoms with E-state index >= 15 is 0 Å². The molecule has 2 N–H and O–H groups in total. The highest BCUT2D eigenvalue weighted by molar-refractivity contribution is 7.58. The summed E-state index contributed by atoms with van der Waals surface area (Å²) in [6.07, 6.45) is 71.0. The monoisotopic (exact) mass is 973 g/mol. The van der Waals surface area contributed by atoms with Crippen molar-refractivity contribution in [3.63, 3.8) is 0 Å². The fourth-order valence-corrected chi connectivity index (χ4v) is 13.0. The average Bonchev–Trinajstić information content (AvgIpc) is 3.30. The quantitative estimate of drug-likeness (QED) is 0.0470. The molecule has 0 spiro atoms. The Balaban J connectivity index is 0. The first-order valence-electron chi connectivity index (χ1n) is 30.9. The van der Waals surface area contributed by atoms with E-state index in [0.717, 1.165) is 51.4 Å². The molecule has 0 aliphatic rings. The van der Waals surface area contributed by atoms with Crippen LogP contribution in [0.3, 0.4) is 0 Å². The molecule has 0 aromatic heterocycles. The van der Waals surface area contributed by atoms with Gasteiger partial charge in [-0.2, -0.15) is 0 Å². The van der Waals surface area contributed by atoms with Crippen molar-refractivity contribution in [1.82, 2.24) is 0 Å². The minimum absolute atomic E-state index is 0.558. The topological polar surface area (TPSA) is 74.6 Å². The van der Waals surface area contributed by atoms with E-state index in [0.29, 0.717) is 24.6 Å². The van der Waals surface area contributed by atoms with Crippen molar-refractivity contribution >= 4 is 14.7 Å². The van der Waals surface area contributed by atoms with E-state index in [1.807, 2.05) is 0 Å². The molecule has 0 aromatic carbocycles. The predicted molar refractivity (Wildman–Crippen MR) is 302 cm³/mol. The van der Waals surface area contributed by atoms with E-state index in [4.69, 9.17) is 0 Å². The SMILES string of the molecule is CCCCCCCCCCCCCCCCP(=O)(O)CCCCCCCCCCCCCCCC.CCCCCCCCCCCCCCP(=O)(O)CCCCCCCCCCCCCC. The lowest BCUT2D eigenvalue weighted by molar-refractivity contribution is 0.467. The standard InChI is InChI=1S/C32H67O2P.C28H59O2P/c1-3-5-7-9-11-13-15-17-19-21-23-25-27-29-31-35(33,34)32-30-28-26-24-22-20-18-16-14-12-10-8-6-4-2;1-3-5-7-9-11-13-15-17-19-21-23-25-27-31(29,30)28-26-24-22-20-18-16-14-12-10-8-6-4-2/h3-32H2,1-2H3,(H,33,34);3-28H2,1-2H3,(H,29,30). The molecule has 0 aliphatic heterocycles. The van der Waals surface area contributed by atoms with E-state index in [9.17, 15) is 18.9 Å². The highest BCUT2D eigenvalue weighted by atomic mass is 31.2.